The van der Waals surface area contributed by atoms with Crippen LogP contribution in [0.5, 0.6) is 0 Å². The van der Waals surface area contributed by atoms with Gasteiger partial charge in [-0.1, -0.05) is 66.3 Å². The molecule has 0 spiro atoms. The number of carboxylic acids is 2. The van der Waals surface area contributed by atoms with Crippen molar-refractivity contribution in [1.29, 1.82) is 0 Å². The Hall–Kier alpha value is -0.140. The number of carbonyl (C=O) groups is 2. The molecule has 0 saturated carbocycles. The van der Waals surface area contributed by atoms with Crippen LogP contribution in [0, 0.1) is 23.7 Å². The third-order valence-electron chi connectivity index (χ3n) is 5.43. The summed E-state index contributed by atoms with van der Waals surface area (Å²) in [4.78, 5) is 22.9. The van der Waals surface area contributed by atoms with Crippen molar-refractivity contribution in [3.05, 3.63) is 0 Å². The van der Waals surface area contributed by atoms with E-state index < -0.39 is 29.9 Å². The van der Waals surface area contributed by atoms with Crippen LogP contribution in [0.1, 0.15) is 105 Å². The summed E-state index contributed by atoms with van der Waals surface area (Å²) < 4.78 is 0.973. The molecule has 0 aromatic heterocycles. The maximum atomic E-state index is 11.6. The SMILES string of the molecule is C.C.C.C.C.C.C.C.CCC1C[N+](C)(C)CC1CCC(CC(CC(C)O)C(=O)O)C(=O)O.[Na+]. The first-order valence-electron chi connectivity index (χ1n) is 9.01. The molecule has 7 heteroatoms. The van der Waals surface area contributed by atoms with Crippen LogP contribution in [0.15, 0.2) is 0 Å². The number of aliphatic hydroxyl groups excluding tert-OH is 1. The Kier molecular flexibility index (Phi) is 47.0. The first-order chi connectivity index (χ1) is 11.1. The van der Waals surface area contributed by atoms with Gasteiger partial charge in [0.2, 0.25) is 0 Å². The van der Waals surface area contributed by atoms with E-state index in [1.54, 1.807) is 0 Å². The van der Waals surface area contributed by atoms with E-state index in [1.807, 2.05) is 0 Å². The molecule has 1 aliphatic heterocycles. The van der Waals surface area contributed by atoms with E-state index >= 15 is 0 Å². The maximum absolute atomic E-state index is 11.6. The van der Waals surface area contributed by atoms with Crippen LogP contribution in [0.25, 0.3) is 0 Å². The van der Waals surface area contributed by atoms with E-state index in [4.69, 9.17) is 0 Å². The van der Waals surface area contributed by atoms with Crippen LogP contribution in [0.2, 0.25) is 0 Å². The van der Waals surface area contributed by atoms with E-state index in [2.05, 4.69) is 21.0 Å². The van der Waals surface area contributed by atoms with E-state index in [0.29, 0.717) is 18.3 Å². The topological polar surface area (TPSA) is 94.8 Å². The van der Waals surface area contributed by atoms with Gasteiger partial charge in [0.1, 0.15) is 0 Å². The van der Waals surface area contributed by atoms with Gasteiger partial charge < -0.3 is 19.8 Å². The van der Waals surface area contributed by atoms with Gasteiger partial charge in [0, 0.05) is 11.8 Å². The predicted octanol–water partition coefficient (Wildman–Crippen LogP) is 4.15. The third kappa shape index (κ3) is 20.9. The minimum Gasteiger partial charge on any atom is -0.481 e. The molecular formula is C26H66NNaO5+2. The molecule has 6 nitrogen and oxygen atoms in total. The summed E-state index contributed by atoms with van der Waals surface area (Å²) in [6.07, 6.45) is 1.90. The molecule has 1 aliphatic rings. The molecule has 0 aromatic rings. The van der Waals surface area contributed by atoms with Gasteiger partial charge in [-0.05, 0) is 39.0 Å². The van der Waals surface area contributed by atoms with Crippen molar-refractivity contribution >= 4 is 11.9 Å². The third-order valence-corrected chi connectivity index (χ3v) is 5.43. The number of carboxylic acid groups (broad SMARTS) is 2. The summed E-state index contributed by atoms with van der Waals surface area (Å²) in [5.74, 6) is -2.28. The Labute approximate surface area is 232 Å². The summed E-state index contributed by atoms with van der Waals surface area (Å²) in [5.41, 5.74) is 0. The standard InChI is InChI=1S/C18H33NO5.8CH4.Na/c1-5-13-10-19(3,4)11-15(13)7-6-14(17(21)22)9-16(18(23)24)8-12(2)20;;;;;;;;;/h12-16,20H,5-11H2,1-4H3,(H-,21,22,23,24);8*1H4;/q;;;;;;;;;+1/p+1. The summed E-state index contributed by atoms with van der Waals surface area (Å²) in [6, 6.07) is 0. The molecule has 204 valence electrons. The minimum atomic E-state index is -1.02. The second-order valence-electron chi connectivity index (χ2n) is 8.20. The van der Waals surface area contributed by atoms with E-state index in [-0.39, 0.29) is 102 Å². The molecule has 5 unspecified atom stereocenters. The molecule has 33 heavy (non-hydrogen) atoms. The Morgan fingerprint density at radius 1 is 0.818 bits per heavy atom. The van der Waals surface area contributed by atoms with E-state index in [1.165, 1.54) is 6.92 Å². The normalized spacial score (nSPS) is 19.4. The minimum absolute atomic E-state index is 0. The van der Waals surface area contributed by atoms with Crippen molar-refractivity contribution < 1.29 is 58.9 Å². The fraction of sp³-hybridized carbons (Fsp3) is 0.923. The Morgan fingerprint density at radius 2 is 1.21 bits per heavy atom. The van der Waals surface area contributed by atoms with Gasteiger partial charge in [0.05, 0.1) is 45.1 Å². The van der Waals surface area contributed by atoms with Gasteiger partial charge in [-0.15, -0.1) is 0 Å². The maximum Gasteiger partial charge on any atom is 1.00 e. The van der Waals surface area contributed by atoms with Gasteiger partial charge in [0.15, 0.2) is 0 Å². The molecule has 3 N–H and O–H groups in total. The molecular weight excluding hydrogens is 429 g/mol. The number of nitrogens with zero attached hydrogens (tertiary/aromatic N) is 1. The Morgan fingerprint density at radius 3 is 1.55 bits per heavy atom. The second kappa shape index (κ2) is 26.5. The first-order valence-corrected chi connectivity index (χ1v) is 9.01. The summed E-state index contributed by atoms with van der Waals surface area (Å²) in [7, 11) is 4.42. The van der Waals surface area contributed by atoms with Crippen molar-refractivity contribution in [2.45, 2.75) is 111 Å². The fourth-order valence-electron chi connectivity index (χ4n) is 4.24. The number of hydrogen-bond donors (Lipinski definition) is 3. The number of hydrogen-bond acceptors (Lipinski definition) is 3. The molecule has 0 amide bonds. The second-order valence-corrected chi connectivity index (χ2v) is 8.20. The van der Waals surface area contributed by atoms with Crippen LogP contribution in [-0.4, -0.2) is 65.0 Å². The van der Waals surface area contributed by atoms with Gasteiger partial charge in [-0.3, -0.25) is 9.59 Å². The van der Waals surface area contributed by atoms with Gasteiger partial charge in [-0.2, -0.15) is 0 Å². The van der Waals surface area contributed by atoms with Crippen LogP contribution in [0.4, 0.5) is 0 Å². The number of quaternary nitrogens is 1. The molecule has 0 radical (unpaired) electrons. The van der Waals surface area contributed by atoms with Gasteiger partial charge in [0.25, 0.3) is 0 Å². The number of aliphatic hydroxyl groups is 1. The smallest absolute Gasteiger partial charge is 0.481 e. The average molecular weight is 496 g/mol. The predicted molar refractivity (Wildman–Crippen MR) is 145 cm³/mol. The van der Waals surface area contributed by atoms with Gasteiger partial charge >= 0.3 is 41.5 Å². The zero-order chi connectivity index (χ0) is 18.5. The van der Waals surface area contributed by atoms with Crippen LogP contribution >= 0.6 is 0 Å². The zero-order valence-corrected chi connectivity index (χ0v) is 18.4. The van der Waals surface area contributed by atoms with Crippen LogP contribution in [-0.2, 0) is 9.59 Å². The van der Waals surface area contributed by atoms with Crippen LogP contribution < -0.4 is 29.6 Å². The molecule has 0 aliphatic carbocycles. The molecule has 0 bridgehead atoms. The number of aliphatic carboxylic acids is 2. The van der Waals surface area contributed by atoms with E-state index in [9.17, 15) is 24.9 Å². The van der Waals surface area contributed by atoms with Crippen molar-refractivity contribution in [2.75, 3.05) is 27.2 Å². The largest absolute Gasteiger partial charge is 1.00 e. The van der Waals surface area contributed by atoms with Crippen molar-refractivity contribution in [1.82, 2.24) is 0 Å². The molecule has 1 rings (SSSR count). The van der Waals surface area contributed by atoms with Crippen LogP contribution in [0.3, 0.4) is 0 Å². The Bertz CT molecular complexity index is 444. The van der Waals surface area contributed by atoms with Crippen molar-refractivity contribution in [3.63, 3.8) is 0 Å². The summed E-state index contributed by atoms with van der Waals surface area (Å²) in [6.45, 7) is 5.90. The van der Waals surface area contributed by atoms with Gasteiger partial charge in [-0.25, -0.2) is 0 Å². The Balaban J connectivity index is -0.0000000914. The number of likely N-dealkylation sites (tertiary alicyclic amines) is 1. The van der Waals surface area contributed by atoms with Crippen molar-refractivity contribution in [3.8, 4) is 0 Å². The summed E-state index contributed by atoms with van der Waals surface area (Å²) in [5, 5.41) is 28.2. The fourth-order valence-corrected chi connectivity index (χ4v) is 4.24. The molecule has 0 aromatic carbocycles. The van der Waals surface area contributed by atoms with E-state index in [0.717, 1.165) is 30.4 Å². The molecule has 1 saturated heterocycles. The van der Waals surface area contributed by atoms with Crippen molar-refractivity contribution in [2.24, 2.45) is 23.7 Å². The molecule has 5 atom stereocenters. The monoisotopic (exact) mass is 495 g/mol. The summed E-state index contributed by atoms with van der Waals surface area (Å²) >= 11 is 0. The number of rotatable bonds is 10. The first kappa shape index (κ1) is 58.6. The zero-order valence-electron chi connectivity index (χ0n) is 16.4. The quantitative estimate of drug-likeness (QED) is 0.313. The average Bonchev–Trinajstić information content (AvgIpc) is 2.75. The molecule has 1 heterocycles. The molecule has 1 fully saturated rings.